The van der Waals surface area contributed by atoms with Gasteiger partial charge in [-0.15, -0.1) is 0 Å². The number of hydrogen-bond acceptors (Lipinski definition) is 4. The van der Waals surface area contributed by atoms with Crippen LogP contribution in [0.2, 0.25) is 0 Å². The Kier molecular flexibility index (Phi) is 3.81. The zero-order valence-electron chi connectivity index (χ0n) is 10.7. The molecule has 1 aromatic carbocycles. The Hall–Kier alpha value is -1.62. The summed E-state index contributed by atoms with van der Waals surface area (Å²) in [4.78, 5) is 10.5. The molecule has 1 aliphatic rings. The van der Waals surface area contributed by atoms with E-state index in [-0.39, 0.29) is 10.6 Å². The maximum atomic E-state index is 10.8. The van der Waals surface area contributed by atoms with Crippen molar-refractivity contribution in [1.82, 2.24) is 5.32 Å². The van der Waals surface area contributed by atoms with E-state index in [0.717, 1.165) is 24.3 Å². The molecule has 1 saturated heterocycles. The van der Waals surface area contributed by atoms with Gasteiger partial charge in [-0.25, -0.2) is 0 Å². The molecule has 1 fully saturated rings. The monoisotopic (exact) mass is 250 g/mol. The summed E-state index contributed by atoms with van der Waals surface area (Å²) in [6, 6.07) is 3.73. The predicted octanol–water partition coefficient (Wildman–Crippen LogP) is 2.34. The Morgan fingerprint density at radius 2 is 2.22 bits per heavy atom. The van der Waals surface area contributed by atoms with Gasteiger partial charge in [0, 0.05) is 17.7 Å². The second-order valence-electron chi connectivity index (χ2n) is 4.77. The summed E-state index contributed by atoms with van der Waals surface area (Å²) in [6.45, 7) is 5.24. The van der Waals surface area contributed by atoms with Crippen molar-refractivity contribution < 1.29 is 9.66 Å². The summed E-state index contributed by atoms with van der Waals surface area (Å²) in [6.07, 6.45) is 2.32. The van der Waals surface area contributed by atoms with Crippen LogP contribution in [0, 0.1) is 24.0 Å². The number of rotatable bonds is 4. The van der Waals surface area contributed by atoms with E-state index in [4.69, 9.17) is 4.74 Å². The first-order valence-corrected chi connectivity index (χ1v) is 6.19. The molecule has 1 aliphatic heterocycles. The zero-order chi connectivity index (χ0) is 13.1. The van der Waals surface area contributed by atoms with Gasteiger partial charge in [-0.2, -0.15) is 0 Å². The number of nitro benzene ring substituents is 1. The van der Waals surface area contributed by atoms with Gasteiger partial charge < -0.3 is 10.1 Å². The lowest BCUT2D eigenvalue weighted by atomic mass is 10.1. The number of nitro groups is 1. The molecule has 0 spiro atoms. The lowest BCUT2D eigenvalue weighted by molar-refractivity contribution is -0.385. The lowest BCUT2D eigenvalue weighted by Crippen LogP contribution is -2.28. The third-order valence-corrected chi connectivity index (χ3v) is 3.29. The van der Waals surface area contributed by atoms with Crippen LogP contribution in [0.5, 0.6) is 5.75 Å². The Labute approximate surface area is 106 Å². The second-order valence-corrected chi connectivity index (χ2v) is 4.77. The smallest absolute Gasteiger partial charge is 0.272 e. The molecule has 0 aromatic heterocycles. The molecule has 0 aliphatic carbocycles. The summed E-state index contributed by atoms with van der Waals surface area (Å²) in [5.74, 6) is 0.742. The number of hydrogen-bond donors (Lipinski definition) is 1. The average molecular weight is 250 g/mol. The van der Waals surface area contributed by atoms with E-state index < -0.39 is 0 Å². The van der Waals surface area contributed by atoms with Crippen LogP contribution >= 0.6 is 0 Å². The fraction of sp³-hybridized carbons (Fsp3) is 0.538. The maximum absolute atomic E-state index is 10.8. The highest BCUT2D eigenvalue weighted by molar-refractivity contribution is 5.49. The summed E-state index contributed by atoms with van der Waals surface area (Å²) in [7, 11) is 0. The van der Waals surface area contributed by atoms with E-state index in [1.54, 1.807) is 19.1 Å². The Morgan fingerprint density at radius 1 is 1.44 bits per heavy atom. The summed E-state index contributed by atoms with van der Waals surface area (Å²) in [5, 5.41) is 14.2. The van der Waals surface area contributed by atoms with Crippen LogP contribution in [0.4, 0.5) is 5.69 Å². The van der Waals surface area contributed by atoms with E-state index in [1.807, 2.05) is 6.92 Å². The standard InChI is InChI=1S/C13H18N2O3/c1-9-7-13(10(2)6-12(9)15(16)17)18-8-11-4-3-5-14-11/h6-7,11,14H,3-5,8H2,1-2H3. The van der Waals surface area contributed by atoms with Crippen molar-refractivity contribution in [3.63, 3.8) is 0 Å². The van der Waals surface area contributed by atoms with Crippen molar-refractivity contribution in [2.24, 2.45) is 0 Å². The number of nitrogens with zero attached hydrogens (tertiary/aromatic N) is 1. The van der Waals surface area contributed by atoms with Gasteiger partial charge >= 0.3 is 0 Å². The van der Waals surface area contributed by atoms with Gasteiger partial charge in [0.2, 0.25) is 0 Å². The molecular weight excluding hydrogens is 232 g/mol. The molecule has 18 heavy (non-hydrogen) atoms. The maximum Gasteiger partial charge on any atom is 0.272 e. The normalized spacial score (nSPS) is 18.9. The van der Waals surface area contributed by atoms with Crippen LogP contribution < -0.4 is 10.1 Å². The molecule has 1 unspecified atom stereocenters. The van der Waals surface area contributed by atoms with E-state index in [1.165, 1.54) is 6.42 Å². The van der Waals surface area contributed by atoms with Crippen LogP contribution in [0.25, 0.3) is 0 Å². The predicted molar refractivity (Wildman–Crippen MR) is 69.1 cm³/mol. The molecule has 0 radical (unpaired) electrons. The molecule has 1 aromatic rings. The molecule has 1 heterocycles. The number of aryl methyl sites for hydroxylation is 2. The summed E-state index contributed by atoms with van der Waals surface area (Å²) < 4.78 is 5.75. The van der Waals surface area contributed by atoms with E-state index in [9.17, 15) is 10.1 Å². The Balaban J connectivity index is 2.08. The Bertz CT molecular complexity index is 454. The topological polar surface area (TPSA) is 64.4 Å². The van der Waals surface area contributed by atoms with Gasteiger partial charge in [0.1, 0.15) is 12.4 Å². The first-order valence-electron chi connectivity index (χ1n) is 6.19. The van der Waals surface area contributed by atoms with Crippen LogP contribution in [-0.2, 0) is 0 Å². The highest BCUT2D eigenvalue weighted by Crippen LogP contribution is 2.27. The van der Waals surface area contributed by atoms with Gasteiger partial charge in [-0.3, -0.25) is 10.1 Å². The second kappa shape index (κ2) is 5.35. The van der Waals surface area contributed by atoms with Gasteiger partial charge in [0.15, 0.2) is 0 Å². The summed E-state index contributed by atoms with van der Waals surface area (Å²) in [5.41, 5.74) is 1.60. The SMILES string of the molecule is Cc1cc([N+](=O)[O-])c(C)cc1OCC1CCCN1. The molecule has 2 rings (SSSR count). The highest BCUT2D eigenvalue weighted by atomic mass is 16.6. The minimum absolute atomic E-state index is 0.152. The quantitative estimate of drug-likeness (QED) is 0.658. The van der Waals surface area contributed by atoms with Gasteiger partial charge in [0.25, 0.3) is 5.69 Å². The molecule has 1 N–H and O–H groups in total. The molecule has 1 atom stereocenters. The van der Waals surface area contributed by atoms with Crippen molar-refractivity contribution in [2.45, 2.75) is 32.7 Å². The fourth-order valence-corrected chi connectivity index (χ4v) is 2.22. The van der Waals surface area contributed by atoms with Crippen LogP contribution in [0.15, 0.2) is 12.1 Å². The van der Waals surface area contributed by atoms with Crippen LogP contribution in [0.3, 0.4) is 0 Å². The van der Waals surface area contributed by atoms with E-state index >= 15 is 0 Å². The molecule has 98 valence electrons. The lowest BCUT2D eigenvalue weighted by Gasteiger charge is -2.14. The van der Waals surface area contributed by atoms with Crippen molar-refractivity contribution in [3.8, 4) is 5.75 Å². The summed E-state index contributed by atoms with van der Waals surface area (Å²) >= 11 is 0. The largest absolute Gasteiger partial charge is 0.492 e. The Morgan fingerprint density at radius 3 is 2.83 bits per heavy atom. The zero-order valence-corrected chi connectivity index (χ0v) is 10.7. The minimum Gasteiger partial charge on any atom is -0.492 e. The van der Waals surface area contributed by atoms with Crippen molar-refractivity contribution in [2.75, 3.05) is 13.2 Å². The fourth-order valence-electron chi connectivity index (χ4n) is 2.22. The van der Waals surface area contributed by atoms with Gasteiger partial charge in [0.05, 0.1) is 4.92 Å². The molecule has 0 bridgehead atoms. The van der Waals surface area contributed by atoms with Crippen molar-refractivity contribution in [3.05, 3.63) is 33.4 Å². The number of ether oxygens (including phenoxy) is 1. The first kappa shape index (κ1) is 12.8. The number of benzene rings is 1. The van der Waals surface area contributed by atoms with Crippen molar-refractivity contribution in [1.29, 1.82) is 0 Å². The van der Waals surface area contributed by atoms with Gasteiger partial charge in [-0.1, -0.05) is 0 Å². The average Bonchev–Trinajstić information content (AvgIpc) is 2.82. The third-order valence-electron chi connectivity index (χ3n) is 3.29. The molecule has 0 amide bonds. The first-order chi connectivity index (χ1) is 8.58. The molecular formula is C13H18N2O3. The van der Waals surface area contributed by atoms with E-state index in [2.05, 4.69) is 5.32 Å². The van der Waals surface area contributed by atoms with E-state index in [0.29, 0.717) is 18.2 Å². The molecule has 5 nitrogen and oxygen atoms in total. The minimum atomic E-state index is -0.357. The number of nitrogens with one attached hydrogen (secondary N) is 1. The van der Waals surface area contributed by atoms with Crippen LogP contribution in [-0.4, -0.2) is 24.1 Å². The van der Waals surface area contributed by atoms with Gasteiger partial charge in [-0.05, 0) is 44.9 Å². The third kappa shape index (κ3) is 2.79. The highest BCUT2D eigenvalue weighted by Gasteiger charge is 2.17. The van der Waals surface area contributed by atoms with Crippen LogP contribution in [0.1, 0.15) is 24.0 Å². The molecule has 5 heteroatoms. The molecule has 0 saturated carbocycles. The van der Waals surface area contributed by atoms with Crippen molar-refractivity contribution >= 4 is 5.69 Å².